The Kier molecular flexibility index (Phi) is 6.96. The van der Waals surface area contributed by atoms with Gasteiger partial charge in [0.2, 0.25) is 0 Å². The van der Waals surface area contributed by atoms with E-state index in [0.29, 0.717) is 11.3 Å². The van der Waals surface area contributed by atoms with Crippen LogP contribution in [-0.2, 0) is 14.8 Å². The highest BCUT2D eigenvalue weighted by molar-refractivity contribution is 7.93. The van der Waals surface area contributed by atoms with Crippen LogP contribution in [0, 0.1) is 18.6 Å². The van der Waals surface area contributed by atoms with Crippen LogP contribution in [-0.4, -0.2) is 25.1 Å². The van der Waals surface area contributed by atoms with Crippen molar-refractivity contribution < 1.29 is 26.7 Å². The molecular formula is C21H20ClF2N3O4S2. The molecule has 176 valence electrons. The minimum Gasteiger partial charge on any atom is -0.443 e. The number of carbonyl (C=O) groups excluding carboxylic acids is 1. The highest BCUT2D eigenvalue weighted by atomic mass is 35.5. The fraction of sp³-hybridized carbons (Fsp3) is 0.238. The molecule has 1 N–H and O–H groups in total. The fourth-order valence-corrected chi connectivity index (χ4v) is 4.93. The Morgan fingerprint density at radius 2 is 1.88 bits per heavy atom. The van der Waals surface area contributed by atoms with E-state index in [9.17, 15) is 17.6 Å². The van der Waals surface area contributed by atoms with E-state index in [2.05, 4.69) is 10.3 Å². The molecule has 0 aliphatic heterocycles. The third kappa shape index (κ3) is 5.60. The number of nitrogens with zero attached hydrogens (tertiary/aromatic N) is 2. The van der Waals surface area contributed by atoms with E-state index in [4.69, 9.17) is 16.3 Å². The molecule has 12 heteroatoms. The van der Waals surface area contributed by atoms with Crippen LogP contribution in [0.15, 0.2) is 46.1 Å². The van der Waals surface area contributed by atoms with Gasteiger partial charge in [0.15, 0.2) is 5.82 Å². The largest absolute Gasteiger partial charge is 0.443 e. The van der Waals surface area contributed by atoms with Crippen molar-refractivity contribution in [1.82, 2.24) is 4.98 Å². The number of halogens is 3. The monoisotopic (exact) mass is 515 g/mol. The van der Waals surface area contributed by atoms with Crippen LogP contribution < -0.4 is 9.62 Å². The predicted octanol–water partition coefficient (Wildman–Crippen LogP) is 6.26. The molecule has 3 aromatic rings. The standard InChI is InChI=1S/C21H20ClF2N3O4S2/c1-12-5-6-13(23)7-16(12)26-17-9-15(24)18(8-14(17)22)33(29,30)27(19-10-32-11-25-19)20(28)31-21(2,3)4/h5-11,26H,1-4H3. The number of rotatable bonds is 5. The summed E-state index contributed by atoms with van der Waals surface area (Å²) < 4.78 is 60.8. The molecule has 0 aliphatic rings. The predicted molar refractivity (Wildman–Crippen MR) is 124 cm³/mol. The molecule has 0 radical (unpaired) electrons. The summed E-state index contributed by atoms with van der Waals surface area (Å²) in [6.07, 6.45) is -1.25. The normalized spacial score (nSPS) is 11.8. The number of carbonyl (C=O) groups is 1. The van der Waals surface area contributed by atoms with Crippen molar-refractivity contribution >= 4 is 56.2 Å². The molecule has 0 unspecified atom stereocenters. The van der Waals surface area contributed by atoms with E-state index in [1.165, 1.54) is 29.1 Å². The highest BCUT2D eigenvalue weighted by Crippen LogP contribution is 2.34. The summed E-state index contributed by atoms with van der Waals surface area (Å²) >= 11 is 7.27. The lowest BCUT2D eigenvalue weighted by Gasteiger charge is -2.26. The van der Waals surface area contributed by atoms with E-state index in [-0.39, 0.29) is 20.8 Å². The number of aromatic nitrogens is 1. The van der Waals surface area contributed by atoms with Crippen molar-refractivity contribution in [2.24, 2.45) is 0 Å². The summed E-state index contributed by atoms with van der Waals surface area (Å²) in [6, 6.07) is 5.71. The molecule has 0 saturated carbocycles. The first-order chi connectivity index (χ1) is 15.3. The zero-order valence-electron chi connectivity index (χ0n) is 18.0. The van der Waals surface area contributed by atoms with E-state index >= 15 is 4.39 Å². The molecule has 0 aliphatic carbocycles. The summed E-state index contributed by atoms with van der Waals surface area (Å²) in [7, 11) is -4.80. The van der Waals surface area contributed by atoms with Crippen molar-refractivity contribution in [2.45, 2.75) is 38.2 Å². The highest BCUT2D eigenvalue weighted by Gasteiger charge is 2.38. The minimum absolute atomic E-state index is 0.0132. The van der Waals surface area contributed by atoms with Gasteiger partial charge in [-0.1, -0.05) is 17.7 Å². The Morgan fingerprint density at radius 3 is 2.48 bits per heavy atom. The summed E-state index contributed by atoms with van der Waals surface area (Å²) in [5.74, 6) is -1.95. The molecule has 3 rings (SSSR count). The van der Waals surface area contributed by atoms with Crippen molar-refractivity contribution in [3.8, 4) is 0 Å². The molecule has 0 atom stereocenters. The number of benzene rings is 2. The van der Waals surface area contributed by atoms with Crippen molar-refractivity contribution in [1.29, 1.82) is 0 Å². The van der Waals surface area contributed by atoms with Crippen LogP contribution in [0.2, 0.25) is 5.02 Å². The quantitative estimate of drug-likeness (QED) is 0.431. The number of anilines is 3. The molecule has 0 bridgehead atoms. The van der Waals surface area contributed by atoms with Gasteiger partial charge in [-0.3, -0.25) is 0 Å². The minimum atomic E-state index is -4.80. The van der Waals surface area contributed by atoms with Gasteiger partial charge in [-0.25, -0.2) is 27.0 Å². The molecule has 0 saturated heterocycles. The molecule has 1 aromatic heterocycles. The fourth-order valence-electron chi connectivity index (χ4n) is 2.72. The summed E-state index contributed by atoms with van der Waals surface area (Å²) in [5.41, 5.74) is 1.29. The molecule has 2 aromatic carbocycles. The second kappa shape index (κ2) is 9.24. The molecular weight excluding hydrogens is 496 g/mol. The van der Waals surface area contributed by atoms with Gasteiger partial charge in [0.05, 0.1) is 16.2 Å². The maximum absolute atomic E-state index is 15.1. The first-order valence-corrected chi connectivity index (χ1v) is 12.2. The average molecular weight is 516 g/mol. The Balaban J connectivity index is 2.05. The van der Waals surface area contributed by atoms with Crippen LogP contribution in [0.3, 0.4) is 0 Å². The zero-order valence-corrected chi connectivity index (χ0v) is 20.4. The number of thiazole rings is 1. The van der Waals surface area contributed by atoms with Crippen molar-refractivity contribution in [2.75, 3.05) is 9.62 Å². The van der Waals surface area contributed by atoms with Gasteiger partial charge in [-0.2, -0.15) is 0 Å². The SMILES string of the molecule is Cc1ccc(F)cc1Nc1cc(F)c(S(=O)(=O)N(C(=O)OC(C)(C)C)c2cscn2)cc1Cl. The first kappa shape index (κ1) is 24.9. The number of amides is 1. The summed E-state index contributed by atoms with van der Waals surface area (Å²) in [4.78, 5) is 15.7. The molecule has 7 nitrogen and oxygen atoms in total. The maximum Gasteiger partial charge on any atom is 0.430 e. The lowest BCUT2D eigenvalue weighted by molar-refractivity contribution is 0.0608. The third-order valence-electron chi connectivity index (χ3n) is 4.20. The Morgan fingerprint density at radius 1 is 1.18 bits per heavy atom. The van der Waals surface area contributed by atoms with Crippen LogP contribution in [0.1, 0.15) is 26.3 Å². The maximum atomic E-state index is 15.1. The van der Waals surface area contributed by atoms with Crippen molar-refractivity contribution in [3.63, 3.8) is 0 Å². The van der Waals surface area contributed by atoms with Crippen LogP contribution >= 0.6 is 22.9 Å². The Labute approximate surface area is 199 Å². The Bertz CT molecular complexity index is 1290. The van der Waals surface area contributed by atoms with Crippen LogP contribution in [0.4, 0.5) is 30.8 Å². The first-order valence-electron chi connectivity index (χ1n) is 9.48. The number of aryl methyl sites for hydroxylation is 1. The number of hydrogen-bond donors (Lipinski definition) is 1. The molecule has 1 heterocycles. The average Bonchev–Trinajstić information content (AvgIpc) is 3.19. The number of nitrogens with one attached hydrogen (secondary N) is 1. The summed E-state index contributed by atoms with van der Waals surface area (Å²) in [5, 5.41) is 3.93. The number of ether oxygens (including phenoxy) is 1. The Hall–Kier alpha value is -2.76. The number of sulfonamides is 1. The molecule has 0 fully saturated rings. The van der Waals surface area contributed by atoms with Crippen molar-refractivity contribution in [3.05, 3.63) is 63.4 Å². The van der Waals surface area contributed by atoms with E-state index in [1.54, 1.807) is 27.7 Å². The summed E-state index contributed by atoms with van der Waals surface area (Å²) in [6.45, 7) is 6.38. The zero-order chi connectivity index (χ0) is 24.6. The lowest BCUT2D eigenvalue weighted by Crippen LogP contribution is -2.41. The van der Waals surface area contributed by atoms with Gasteiger partial charge in [0.1, 0.15) is 22.1 Å². The lowest BCUT2D eigenvalue weighted by atomic mass is 10.2. The smallest absolute Gasteiger partial charge is 0.430 e. The topological polar surface area (TPSA) is 88.6 Å². The molecule has 0 spiro atoms. The molecule has 33 heavy (non-hydrogen) atoms. The van der Waals surface area contributed by atoms with E-state index in [0.717, 1.165) is 23.5 Å². The van der Waals surface area contributed by atoms with Gasteiger partial charge < -0.3 is 10.1 Å². The number of hydrogen-bond acceptors (Lipinski definition) is 7. The van der Waals surface area contributed by atoms with Gasteiger partial charge in [0.25, 0.3) is 10.0 Å². The van der Waals surface area contributed by atoms with Crippen LogP contribution in [0.5, 0.6) is 0 Å². The van der Waals surface area contributed by atoms with Gasteiger partial charge in [-0.15, -0.1) is 15.6 Å². The van der Waals surface area contributed by atoms with E-state index in [1.807, 2.05) is 0 Å². The second-order valence-electron chi connectivity index (χ2n) is 7.94. The molecule has 1 amide bonds. The second-order valence-corrected chi connectivity index (χ2v) is 10.8. The van der Waals surface area contributed by atoms with Crippen LogP contribution in [0.25, 0.3) is 0 Å². The van der Waals surface area contributed by atoms with E-state index < -0.39 is 38.2 Å². The van der Waals surface area contributed by atoms with Gasteiger partial charge in [-0.05, 0) is 51.5 Å². The third-order valence-corrected chi connectivity index (χ3v) is 6.77. The van der Waals surface area contributed by atoms with Gasteiger partial charge in [0, 0.05) is 17.1 Å². The van der Waals surface area contributed by atoms with Gasteiger partial charge >= 0.3 is 6.09 Å².